The van der Waals surface area contributed by atoms with Gasteiger partial charge in [0.15, 0.2) is 5.96 Å². The van der Waals surface area contributed by atoms with Crippen molar-refractivity contribution < 1.29 is 9.47 Å². The minimum atomic E-state index is 0.374. The Bertz CT molecular complexity index is 486. The van der Waals surface area contributed by atoms with Crippen LogP contribution in [-0.2, 0) is 16.0 Å². The Labute approximate surface area is 142 Å². The molecule has 130 valence electrons. The van der Waals surface area contributed by atoms with Crippen molar-refractivity contribution in [1.29, 1.82) is 0 Å². The van der Waals surface area contributed by atoms with Crippen LogP contribution in [0.15, 0.2) is 10.4 Å². The molecule has 1 aliphatic rings. The average Bonchev–Trinajstić information content (AvgIpc) is 2.96. The minimum absolute atomic E-state index is 0.374. The third kappa shape index (κ3) is 6.45. The lowest BCUT2D eigenvalue weighted by atomic mass is 10.1. The van der Waals surface area contributed by atoms with E-state index in [1.165, 1.54) is 0 Å². The number of hydrogen-bond acceptors (Lipinski definition) is 5. The van der Waals surface area contributed by atoms with Gasteiger partial charge in [-0.05, 0) is 26.2 Å². The van der Waals surface area contributed by atoms with E-state index < -0.39 is 0 Å². The van der Waals surface area contributed by atoms with Gasteiger partial charge in [-0.25, -0.2) is 4.98 Å². The molecule has 0 radical (unpaired) electrons. The van der Waals surface area contributed by atoms with Crippen molar-refractivity contribution in [2.24, 2.45) is 4.99 Å². The second-order valence-electron chi connectivity index (χ2n) is 5.72. The van der Waals surface area contributed by atoms with Gasteiger partial charge in [0.1, 0.15) is 0 Å². The number of guanidine groups is 1. The van der Waals surface area contributed by atoms with Gasteiger partial charge in [-0.1, -0.05) is 0 Å². The van der Waals surface area contributed by atoms with Crippen molar-refractivity contribution in [3.05, 3.63) is 16.1 Å². The highest BCUT2D eigenvalue weighted by atomic mass is 32.1. The van der Waals surface area contributed by atoms with Crippen LogP contribution in [-0.4, -0.2) is 62.4 Å². The number of nitrogens with one attached hydrogen (secondary N) is 1. The monoisotopic (exact) mass is 340 g/mol. The van der Waals surface area contributed by atoms with Crippen LogP contribution in [0, 0.1) is 6.92 Å². The van der Waals surface area contributed by atoms with E-state index >= 15 is 0 Å². The van der Waals surface area contributed by atoms with E-state index in [0.29, 0.717) is 6.10 Å². The molecule has 0 atom stereocenters. The zero-order valence-corrected chi connectivity index (χ0v) is 15.2. The molecule has 0 aromatic carbocycles. The largest absolute Gasteiger partial charge is 0.381 e. The quantitative estimate of drug-likeness (QED) is 0.468. The maximum absolute atomic E-state index is 5.88. The lowest BCUT2D eigenvalue weighted by molar-refractivity contribution is -0.0320. The molecule has 0 saturated carbocycles. The molecule has 1 aromatic rings. The first-order valence-electron chi connectivity index (χ1n) is 8.21. The Hall–Kier alpha value is -1.18. The molecule has 0 amide bonds. The zero-order chi connectivity index (χ0) is 16.5. The Morgan fingerprint density at radius 2 is 2.30 bits per heavy atom. The predicted molar refractivity (Wildman–Crippen MR) is 94.1 cm³/mol. The van der Waals surface area contributed by atoms with Crippen LogP contribution in [0.3, 0.4) is 0 Å². The van der Waals surface area contributed by atoms with Gasteiger partial charge >= 0.3 is 0 Å². The lowest BCUT2D eigenvalue weighted by Crippen LogP contribution is -2.39. The summed E-state index contributed by atoms with van der Waals surface area (Å²) in [5, 5.41) is 6.58. The summed E-state index contributed by atoms with van der Waals surface area (Å²) in [6, 6.07) is 0. The molecule has 1 N–H and O–H groups in total. The average molecular weight is 340 g/mol. The molecule has 23 heavy (non-hydrogen) atoms. The van der Waals surface area contributed by atoms with Gasteiger partial charge in [-0.3, -0.25) is 4.99 Å². The third-order valence-electron chi connectivity index (χ3n) is 3.77. The normalized spacial score (nSPS) is 16.6. The molecule has 2 rings (SSSR count). The molecule has 0 spiro atoms. The van der Waals surface area contributed by atoms with E-state index in [1.807, 2.05) is 21.0 Å². The first kappa shape index (κ1) is 18.2. The van der Waals surface area contributed by atoms with Gasteiger partial charge in [0.25, 0.3) is 0 Å². The van der Waals surface area contributed by atoms with Crippen molar-refractivity contribution in [3.63, 3.8) is 0 Å². The second-order valence-corrected chi connectivity index (χ2v) is 6.79. The van der Waals surface area contributed by atoms with E-state index in [9.17, 15) is 0 Å². The van der Waals surface area contributed by atoms with Gasteiger partial charge in [0, 0.05) is 45.8 Å². The smallest absolute Gasteiger partial charge is 0.193 e. The predicted octanol–water partition coefficient (Wildman–Crippen LogP) is 2.04. The fraction of sp³-hybridized carbons (Fsp3) is 0.750. The highest BCUT2D eigenvalue weighted by Gasteiger charge is 2.13. The Balaban J connectivity index is 1.62. The number of thiazole rings is 1. The van der Waals surface area contributed by atoms with Crippen LogP contribution in [0.4, 0.5) is 0 Å². The van der Waals surface area contributed by atoms with E-state index in [2.05, 4.69) is 25.6 Å². The first-order valence-corrected chi connectivity index (χ1v) is 9.09. The summed E-state index contributed by atoms with van der Waals surface area (Å²) in [6.07, 6.45) is 3.38. The zero-order valence-electron chi connectivity index (χ0n) is 14.4. The van der Waals surface area contributed by atoms with E-state index in [0.717, 1.165) is 68.8 Å². The van der Waals surface area contributed by atoms with Crippen molar-refractivity contribution >= 4 is 17.3 Å². The Kier molecular flexibility index (Phi) is 7.78. The molecule has 7 heteroatoms. The summed E-state index contributed by atoms with van der Waals surface area (Å²) in [5.74, 6) is 0.890. The third-order valence-corrected chi connectivity index (χ3v) is 4.59. The van der Waals surface area contributed by atoms with Crippen LogP contribution >= 0.6 is 11.3 Å². The molecule has 1 saturated heterocycles. The molecule has 1 aliphatic heterocycles. The van der Waals surface area contributed by atoms with Crippen LogP contribution in [0.1, 0.15) is 30.0 Å². The van der Waals surface area contributed by atoms with Crippen molar-refractivity contribution in [3.8, 4) is 0 Å². The highest BCUT2D eigenvalue weighted by molar-refractivity contribution is 7.09. The van der Waals surface area contributed by atoms with Gasteiger partial charge in [-0.2, -0.15) is 0 Å². The maximum atomic E-state index is 5.88. The van der Waals surface area contributed by atoms with E-state index in [-0.39, 0.29) is 0 Å². The van der Waals surface area contributed by atoms with Gasteiger partial charge in [0.2, 0.25) is 0 Å². The van der Waals surface area contributed by atoms with Crippen LogP contribution in [0.25, 0.3) is 0 Å². The highest BCUT2D eigenvalue weighted by Crippen LogP contribution is 2.11. The fourth-order valence-corrected chi connectivity index (χ4v) is 3.15. The van der Waals surface area contributed by atoms with Gasteiger partial charge < -0.3 is 19.7 Å². The molecule has 1 fully saturated rings. The summed E-state index contributed by atoms with van der Waals surface area (Å²) in [4.78, 5) is 10.9. The molecule has 1 aromatic heterocycles. The number of aromatic nitrogens is 1. The molecule has 6 nitrogen and oxygen atoms in total. The number of nitrogens with zero attached hydrogens (tertiary/aromatic N) is 3. The number of hydrogen-bond donors (Lipinski definition) is 1. The second kappa shape index (κ2) is 9.85. The Morgan fingerprint density at radius 1 is 1.52 bits per heavy atom. The molecule has 0 bridgehead atoms. The number of ether oxygens (including phenoxy) is 2. The summed E-state index contributed by atoms with van der Waals surface area (Å²) in [6.45, 7) is 6.09. The summed E-state index contributed by atoms with van der Waals surface area (Å²) in [7, 11) is 3.84. The van der Waals surface area contributed by atoms with E-state index in [4.69, 9.17) is 9.47 Å². The molecule has 2 heterocycles. The van der Waals surface area contributed by atoms with E-state index in [1.54, 1.807) is 11.3 Å². The maximum Gasteiger partial charge on any atom is 0.193 e. The van der Waals surface area contributed by atoms with Gasteiger partial charge in [0.05, 0.1) is 23.4 Å². The number of aliphatic imine (C=N–C) groups is 1. The lowest BCUT2D eigenvalue weighted by Gasteiger charge is -2.23. The molecular weight excluding hydrogens is 312 g/mol. The number of aryl methyl sites for hydroxylation is 1. The summed E-state index contributed by atoms with van der Waals surface area (Å²) >= 11 is 1.68. The molecule has 0 unspecified atom stereocenters. The number of rotatable bonds is 7. The topological polar surface area (TPSA) is 59.0 Å². The van der Waals surface area contributed by atoms with Crippen molar-refractivity contribution in [2.75, 3.05) is 40.5 Å². The van der Waals surface area contributed by atoms with Crippen LogP contribution < -0.4 is 5.32 Å². The van der Waals surface area contributed by atoms with Crippen LogP contribution in [0.5, 0.6) is 0 Å². The summed E-state index contributed by atoms with van der Waals surface area (Å²) < 4.78 is 11.2. The van der Waals surface area contributed by atoms with Crippen molar-refractivity contribution in [2.45, 2.75) is 38.8 Å². The fourth-order valence-electron chi connectivity index (χ4n) is 2.55. The summed E-state index contributed by atoms with van der Waals surface area (Å²) in [5.41, 5.74) is 1.08. The minimum Gasteiger partial charge on any atom is -0.381 e. The standard InChI is InChI=1S/C16H28N4O2S/c1-13-19-14(12-23-13)11-20(3)16(17-2)18-7-4-8-22-15-5-9-21-10-6-15/h12,15H,4-11H2,1-3H3,(H,17,18). The Morgan fingerprint density at radius 3 is 2.96 bits per heavy atom. The van der Waals surface area contributed by atoms with Crippen LogP contribution in [0.2, 0.25) is 0 Å². The molecular formula is C16H28N4O2S. The van der Waals surface area contributed by atoms with Gasteiger partial charge in [-0.15, -0.1) is 11.3 Å². The first-order chi connectivity index (χ1) is 11.2. The van der Waals surface area contributed by atoms with Crippen molar-refractivity contribution in [1.82, 2.24) is 15.2 Å². The molecule has 0 aliphatic carbocycles. The SMILES string of the molecule is CN=C(NCCCOC1CCOCC1)N(C)Cc1csc(C)n1.